The minimum Gasteiger partial charge on any atom is -0.340 e. The van der Waals surface area contributed by atoms with Crippen LogP contribution < -0.4 is 5.73 Å². The molecule has 1 saturated carbocycles. The Balaban J connectivity index is 1.42. The van der Waals surface area contributed by atoms with Crippen LogP contribution in [0.5, 0.6) is 0 Å². The maximum Gasteiger partial charge on any atom is 0.222 e. The van der Waals surface area contributed by atoms with Crippen LogP contribution in [0.2, 0.25) is 0 Å². The summed E-state index contributed by atoms with van der Waals surface area (Å²) in [5.41, 5.74) is 8.79. The quantitative estimate of drug-likeness (QED) is 0.868. The van der Waals surface area contributed by atoms with Gasteiger partial charge in [-0.05, 0) is 29.9 Å². The smallest absolute Gasteiger partial charge is 0.222 e. The van der Waals surface area contributed by atoms with Gasteiger partial charge in [-0.2, -0.15) is 0 Å². The number of hydrogen-bond donors (Lipinski definition) is 1. The van der Waals surface area contributed by atoms with Crippen molar-refractivity contribution in [2.75, 3.05) is 26.2 Å². The van der Waals surface area contributed by atoms with Crippen LogP contribution >= 0.6 is 0 Å². The van der Waals surface area contributed by atoms with Crippen molar-refractivity contribution in [2.24, 2.45) is 11.7 Å². The lowest BCUT2D eigenvalue weighted by molar-refractivity contribution is -0.134. The number of piperazine rings is 1. The molecule has 2 N–H and O–H groups in total. The summed E-state index contributed by atoms with van der Waals surface area (Å²) >= 11 is 0. The Hall–Kier alpha value is -2.17. The second kappa shape index (κ2) is 8.89. The van der Waals surface area contributed by atoms with Crippen LogP contribution in [0.1, 0.15) is 42.9 Å². The van der Waals surface area contributed by atoms with Crippen molar-refractivity contribution in [1.82, 2.24) is 9.80 Å². The topological polar surface area (TPSA) is 49.6 Å². The zero-order chi connectivity index (χ0) is 19.3. The third kappa shape index (κ3) is 4.29. The van der Waals surface area contributed by atoms with Gasteiger partial charge in [0.25, 0.3) is 0 Å². The number of nitrogens with two attached hydrogens (primary N) is 1. The van der Waals surface area contributed by atoms with E-state index in [4.69, 9.17) is 5.73 Å². The highest BCUT2D eigenvalue weighted by molar-refractivity contribution is 5.76. The van der Waals surface area contributed by atoms with Crippen molar-refractivity contribution in [3.63, 3.8) is 0 Å². The van der Waals surface area contributed by atoms with Crippen molar-refractivity contribution in [3.8, 4) is 0 Å². The summed E-state index contributed by atoms with van der Waals surface area (Å²) in [6, 6.07) is 21.8. The molecule has 1 amide bonds. The minimum absolute atomic E-state index is 0.214. The normalized spacial score (nSPS) is 23.3. The van der Waals surface area contributed by atoms with E-state index in [1.807, 2.05) is 0 Å². The van der Waals surface area contributed by atoms with Crippen LogP contribution in [0, 0.1) is 5.92 Å². The molecule has 28 heavy (non-hydrogen) atoms. The lowest BCUT2D eigenvalue weighted by atomic mass is 9.96. The van der Waals surface area contributed by atoms with E-state index in [0.717, 1.165) is 39.0 Å². The summed E-state index contributed by atoms with van der Waals surface area (Å²) < 4.78 is 0. The molecule has 1 aliphatic heterocycles. The first-order chi connectivity index (χ1) is 13.7. The number of carbonyl (C=O) groups excluding carboxylic acids is 1. The summed E-state index contributed by atoms with van der Waals surface area (Å²) in [4.78, 5) is 17.3. The summed E-state index contributed by atoms with van der Waals surface area (Å²) in [6.45, 7) is 3.40. The lowest BCUT2D eigenvalue weighted by Gasteiger charge is -2.40. The second-order valence-corrected chi connectivity index (χ2v) is 8.20. The van der Waals surface area contributed by atoms with Gasteiger partial charge < -0.3 is 10.6 Å². The molecule has 0 radical (unpaired) electrons. The predicted molar refractivity (Wildman–Crippen MR) is 113 cm³/mol. The van der Waals surface area contributed by atoms with Gasteiger partial charge in [0.05, 0.1) is 6.04 Å². The first-order valence-corrected chi connectivity index (χ1v) is 10.6. The van der Waals surface area contributed by atoms with Gasteiger partial charge in [0.1, 0.15) is 0 Å². The Morgan fingerprint density at radius 1 is 0.893 bits per heavy atom. The van der Waals surface area contributed by atoms with Crippen LogP contribution in [0.4, 0.5) is 0 Å². The van der Waals surface area contributed by atoms with E-state index >= 15 is 0 Å². The first kappa shape index (κ1) is 19.2. The molecule has 0 aromatic heterocycles. The molecule has 0 unspecified atom stereocenters. The molecule has 4 nitrogen and oxygen atoms in total. The molecule has 0 spiro atoms. The van der Waals surface area contributed by atoms with E-state index in [1.165, 1.54) is 17.5 Å². The maximum atomic E-state index is 12.8. The van der Waals surface area contributed by atoms with E-state index in [-0.39, 0.29) is 18.0 Å². The standard InChI is InChI=1S/C24H31N3O/c25-22-13-7-12-21(22)18-23(28)26-14-16-27(17-15-26)24(19-8-3-1-4-9-19)20-10-5-2-6-11-20/h1-6,8-11,21-22,24H,7,12-18,25H2/t21-,22+/m0/s1. The van der Waals surface area contributed by atoms with Crippen LogP contribution in [-0.2, 0) is 4.79 Å². The predicted octanol–water partition coefficient (Wildman–Crippen LogP) is 3.44. The molecule has 0 bridgehead atoms. The third-order valence-corrected chi connectivity index (χ3v) is 6.42. The van der Waals surface area contributed by atoms with Crippen molar-refractivity contribution >= 4 is 5.91 Å². The molecule has 4 heteroatoms. The molecular formula is C24H31N3O. The summed E-state index contributed by atoms with van der Waals surface area (Å²) in [7, 11) is 0. The van der Waals surface area contributed by atoms with Crippen molar-refractivity contribution in [3.05, 3.63) is 71.8 Å². The molecule has 2 fully saturated rings. The minimum atomic E-state index is 0.214. The lowest BCUT2D eigenvalue weighted by Crippen LogP contribution is -2.50. The number of amides is 1. The molecule has 2 aromatic carbocycles. The number of carbonyl (C=O) groups is 1. The highest BCUT2D eigenvalue weighted by atomic mass is 16.2. The molecule has 2 atom stereocenters. The first-order valence-electron chi connectivity index (χ1n) is 10.6. The third-order valence-electron chi connectivity index (χ3n) is 6.42. The summed E-state index contributed by atoms with van der Waals surface area (Å²) in [5.74, 6) is 0.671. The van der Waals surface area contributed by atoms with Gasteiger partial charge in [0.2, 0.25) is 5.91 Å². The van der Waals surface area contributed by atoms with Gasteiger partial charge in [0.15, 0.2) is 0 Å². The Morgan fingerprint density at radius 2 is 1.46 bits per heavy atom. The van der Waals surface area contributed by atoms with Gasteiger partial charge in [-0.3, -0.25) is 9.69 Å². The van der Waals surface area contributed by atoms with E-state index in [1.54, 1.807) is 0 Å². The number of nitrogens with zero attached hydrogens (tertiary/aromatic N) is 2. The van der Waals surface area contributed by atoms with Gasteiger partial charge >= 0.3 is 0 Å². The SMILES string of the molecule is N[C@@H]1CCC[C@H]1CC(=O)N1CCN(C(c2ccccc2)c2ccccc2)CC1. The van der Waals surface area contributed by atoms with E-state index in [2.05, 4.69) is 70.5 Å². The fourth-order valence-electron chi connectivity index (χ4n) is 4.79. The van der Waals surface area contributed by atoms with E-state index in [9.17, 15) is 4.79 Å². The highest BCUT2D eigenvalue weighted by Gasteiger charge is 2.31. The number of hydrogen-bond acceptors (Lipinski definition) is 3. The second-order valence-electron chi connectivity index (χ2n) is 8.20. The Bertz CT molecular complexity index is 716. The zero-order valence-corrected chi connectivity index (χ0v) is 16.5. The van der Waals surface area contributed by atoms with Crippen molar-refractivity contribution in [1.29, 1.82) is 0 Å². The van der Waals surface area contributed by atoms with Gasteiger partial charge in [-0.15, -0.1) is 0 Å². The Morgan fingerprint density at radius 3 is 1.96 bits per heavy atom. The number of rotatable bonds is 5. The molecule has 148 valence electrons. The van der Waals surface area contributed by atoms with Gasteiger partial charge in [-0.25, -0.2) is 0 Å². The monoisotopic (exact) mass is 377 g/mol. The highest BCUT2D eigenvalue weighted by Crippen LogP contribution is 2.30. The van der Waals surface area contributed by atoms with Crippen LogP contribution in [-0.4, -0.2) is 47.9 Å². The van der Waals surface area contributed by atoms with Crippen molar-refractivity contribution < 1.29 is 4.79 Å². The Labute approximate surface area is 168 Å². The molecule has 1 heterocycles. The van der Waals surface area contributed by atoms with Crippen LogP contribution in [0.3, 0.4) is 0 Å². The molecule has 2 aromatic rings. The van der Waals surface area contributed by atoms with Gasteiger partial charge in [-0.1, -0.05) is 67.1 Å². The van der Waals surface area contributed by atoms with Crippen molar-refractivity contribution in [2.45, 2.75) is 37.8 Å². The zero-order valence-electron chi connectivity index (χ0n) is 16.5. The molecule has 1 saturated heterocycles. The number of benzene rings is 2. The largest absolute Gasteiger partial charge is 0.340 e. The van der Waals surface area contributed by atoms with Gasteiger partial charge in [0, 0.05) is 38.6 Å². The average molecular weight is 378 g/mol. The van der Waals surface area contributed by atoms with E-state index in [0.29, 0.717) is 12.3 Å². The van der Waals surface area contributed by atoms with Crippen LogP contribution in [0.15, 0.2) is 60.7 Å². The Kier molecular flexibility index (Phi) is 6.08. The summed E-state index contributed by atoms with van der Waals surface area (Å²) in [6.07, 6.45) is 3.98. The molecule has 2 aliphatic rings. The fourth-order valence-corrected chi connectivity index (χ4v) is 4.79. The molecule has 4 rings (SSSR count). The molecular weight excluding hydrogens is 346 g/mol. The average Bonchev–Trinajstić information content (AvgIpc) is 3.15. The molecule has 1 aliphatic carbocycles. The van der Waals surface area contributed by atoms with E-state index < -0.39 is 0 Å². The fraction of sp³-hybridized carbons (Fsp3) is 0.458. The maximum absolute atomic E-state index is 12.8. The van der Waals surface area contributed by atoms with Crippen LogP contribution in [0.25, 0.3) is 0 Å². The summed E-state index contributed by atoms with van der Waals surface area (Å²) in [5, 5.41) is 0.